The van der Waals surface area contributed by atoms with Crippen molar-refractivity contribution in [1.29, 1.82) is 0 Å². The molecule has 2 heterocycles. The Morgan fingerprint density at radius 2 is 1.79 bits per heavy atom. The standard InChI is InChI=1S/C27H30N2O4S/c1-18-7-4-5-10-26(18)34(31,32)29-14-13-22-25(17-30)28(2)24-12-11-20(16-23(24)27(22)29)19-8-6-9-21(15-19)33-3/h4-12,15-16,22,25,27,30H,13-14,17H2,1-3H3/t22-,25-,27-/m1/s1. The fourth-order valence-corrected chi connectivity index (χ4v) is 7.53. The normalized spacial score (nSPS) is 22.4. The van der Waals surface area contributed by atoms with E-state index in [1.54, 1.807) is 23.5 Å². The second-order valence-corrected chi connectivity index (χ2v) is 11.0. The highest BCUT2D eigenvalue weighted by molar-refractivity contribution is 7.89. The molecule has 6 nitrogen and oxygen atoms in total. The number of rotatable bonds is 5. The van der Waals surface area contributed by atoms with Crippen LogP contribution in [0.2, 0.25) is 0 Å². The lowest BCUT2D eigenvalue weighted by molar-refractivity contribution is 0.193. The van der Waals surface area contributed by atoms with Gasteiger partial charge in [0.2, 0.25) is 10.0 Å². The molecule has 7 heteroatoms. The predicted octanol–water partition coefficient (Wildman–Crippen LogP) is 4.23. The molecule has 0 aromatic heterocycles. The Hall–Kier alpha value is -2.87. The second-order valence-electron chi connectivity index (χ2n) is 9.14. The molecule has 2 aliphatic heterocycles. The Bertz CT molecular complexity index is 1320. The van der Waals surface area contributed by atoms with E-state index in [1.807, 2.05) is 62.5 Å². The van der Waals surface area contributed by atoms with Gasteiger partial charge in [-0.25, -0.2) is 8.42 Å². The number of hydrogen-bond acceptors (Lipinski definition) is 5. The first-order valence-corrected chi connectivity index (χ1v) is 13.0. The van der Waals surface area contributed by atoms with Gasteiger partial charge in [0.1, 0.15) is 5.75 Å². The van der Waals surface area contributed by atoms with Crippen LogP contribution in [0.3, 0.4) is 0 Å². The minimum atomic E-state index is -3.71. The molecule has 34 heavy (non-hydrogen) atoms. The molecular formula is C27H30N2O4S. The van der Waals surface area contributed by atoms with Crippen molar-refractivity contribution < 1.29 is 18.3 Å². The zero-order chi connectivity index (χ0) is 24.0. The van der Waals surface area contributed by atoms with Crippen LogP contribution in [0.4, 0.5) is 5.69 Å². The van der Waals surface area contributed by atoms with Crippen LogP contribution >= 0.6 is 0 Å². The fourth-order valence-electron chi connectivity index (χ4n) is 5.64. The number of aliphatic hydroxyl groups is 1. The predicted molar refractivity (Wildman–Crippen MR) is 134 cm³/mol. The lowest BCUT2D eigenvalue weighted by Gasteiger charge is -2.44. The van der Waals surface area contributed by atoms with Crippen molar-refractivity contribution >= 4 is 15.7 Å². The first-order valence-electron chi connectivity index (χ1n) is 11.6. The quantitative estimate of drug-likeness (QED) is 0.594. The van der Waals surface area contributed by atoms with Crippen LogP contribution in [0.5, 0.6) is 5.75 Å². The summed E-state index contributed by atoms with van der Waals surface area (Å²) < 4.78 is 34.8. The van der Waals surface area contributed by atoms with Gasteiger partial charge in [-0.15, -0.1) is 0 Å². The van der Waals surface area contributed by atoms with Crippen LogP contribution < -0.4 is 9.64 Å². The van der Waals surface area contributed by atoms with Gasteiger partial charge in [-0.05, 0) is 65.9 Å². The average Bonchev–Trinajstić information content (AvgIpc) is 3.30. The molecule has 1 fully saturated rings. The lowest BCUT2D eigenvalue weighted by atomic mass is 9.81. The van der Waals surface area contributed by atoms with E-state index in [1.165, 1.54) is 0 Å². The van der Waals surface area contributed by atoms with Gasteiger partial charge in [-0.1, -0.05) is 36.4 Å². The fraction of sp³-hybridized carbons (Fsp3) is 0.333. The molecule has 1 saturated heterocycles. The van der Waals surface area contributed by atoms with Crippen molar-refractivity contribution in [3.05, 3.63) is 77.9 Å². The van der Waals surface area contributed by atoms with Gasteiger partial charge in [0.05, 0.1) is 30.7 Å². The van der Waals surface area contributed by atoms with Gasteiger partial charge < -0.3 is 14.7 Å². The number of aliphatic hydroxyl groups excluding tert-OH is 1. The molecule has 178 valence electrons. The number of nitrogens with zero attached hydrogens (tertiary/aromatic N) is 2. The summed E-state index contributed by atoms with van der Waals surface area (Å²) >= 11 is 0. The largest absolute Gasteiger partial charge is 0.497 e. The SMILES string of the molecule is COc1cccc(-c2ccc3c(c2)[C@H]2[C@H](CCN2S(=O)(=O)c2ccccc2C)[C@@H](CO)N3C)c1. The monoisotopic (exact) mass is 478 g/mol. The molecule has 0 bridgehead atoms. The van der Waals surface area contributed by atoms with Crippen LogP contribution in [0, 0.1) is 12.8 Å². The summed E-state index contributed by atoms with van der Waals surface area (Å²) in [5.74, 6) is 0.775. The van der Waals surface area contributed by atoms with Crippen LogP contribution in [-0.4, -0.2) is 51.2 Å². The van der Waals surface area contributed by atoms with E-state index in [2.05, 4.69) is 11.0 Å². The van der Waals surface area contributed by atoms with Crippen molar-refractivity contribution in [2.45, 2.75) is 30.3 Å². The van der Waals surface area contributed by atoms with Crippen LogP contribution in [0.25, 0.3) is 11.1 Å². The number of fused-ring (bicyclic) bond motifs is 3. The van der Waals surface area contributed by atoms with Gasteiger partial charge in [0, 0.05) is 25.2 Å². The smallest absolute Gasteiger partial charge is 0.243 e. The van der Waals surface area contributed by atoms with E-state index in [4.69, 9.17) is 4.74 Å². The molecule has 0 radical (unpaired) electrons. The van der Waals surface area contributed by atoms with Gasteiger partial charge >= 0.3 is 0 Å². The minimum absolute atomic E-state index is 0.00172. The van der Waals surface area contributed by atoms with E-state index < -0.39 is 10.0 Å². The number of aryl methyl sites for hydroxylation is 1. The second kappa shape index (κ2) is 8.73. The number of likely N-dealkylation sites (N-methyl/N-ethyl adjacent to an activating group) is 1. The van der Waals surface area contributed by atoms with E-state index in [9.17, 15) is 13.5 Å². The van der Waals surface area contributed by atoms with Crippen molar-refractivity contribution in [3.8, 4) is 16.9 Å². The Morgan fingerprint density at radius 1 is 1.03 bits per heavy atom. The zero-order valence-electron chi connectivity index (χ0n) is 19.7. The number of methoxy groups -OCH3 is 1. The summed E-state index contributed by atoms with van der Waals surface area (Å²) in [5.41, 5.74) is 4.69. The van der Waals surface area contributed by atoms with Crippen LogP contribution in [0.15, 0.2) is 71.6 Å². The number of hydrogen-bond donors (Lipinski definition) is 1. The molecule has 0 unspecified atom stereocenters. The van der Waals surface area contributed by atoms with Crippen molar-refractivity contribution in [2.24, 2.45) is 5.92 Å². The van der Waals surface area contributed by atoms with Crippen molar-refractivity contribution in [1.82, 2.24) is 4.31 Å². The zero-order valence-corrected chi connectivity index (χ0v) is 20.5. The molecule has 3 atom stereocenters. The van der Waals surface area contributed by atoms with Crippen LogP contribution in [0.1, 0.15) is 23.6 Å². The lowest BCUT2D eigenvalue weighted by Crippen LogP contribution is -2.48. The van der Waals surface area contributed by atoms with Gasteiger partial charge in [-0.2, -0.15) is 4.31 Å². The van der Waals surface area contributed by atoms with Crippen molar-refractivity contribution in [2.75, 3.05) is 32.2 Å². The number of benzene rings is 3. The Morgan fingerprint density at radius 3 is 2.53 bits per heavy atom. The molecule has 3 aromatic carbocycles. The number of ether oxygens (including phenoxy) is 1. The van der Waals surface area contributed by atoms with Crippen LogP contribution in [-0.2, 0) is 10.0 Å². The molecule has 0 aliphatic carbocycles. The highest BCUT2D eigenvalue weighted by Gasteiger charge is 2.50. The Kier molecular flexibility index (Phi) is 5.88. The molecule has 3 aromatic rings. The number of anilines is 1. The minimum Gasteiger partial charge on any atom is -0.497 e. The molecule has 5 rings (SSSR count). The summed E-state index contributed by atoms with van der Waals surface area (Å²) in [7, 11) is -0.0746. The maximum absolute atomic E-state index is 13.9. The molecule has 0 amide bonds. The van der Waals surface area contributed by atoms with Gasteiger partial charge in [0.15, 0.2) is 0 Å². The maximum atomic E-state index is 13.9. The average molecular weight is 479 g/mol. The summed E-state index contributed by atoms with van der Waals surface area (Å²) in [6.45, 7) is 2.24. The third kappa shape index (κ3) is 3.59. The third-order valence-electron chi connectivity index (χ3n) is 7.39. The van der Waals surface area contributed by atoms with Crippen molar-refractivity contribution in [3.63, 3.8) is 0 Å². The van der Waals surface area contributed by atoms with Gasteiger partial charge in [0.25, 0.3) is 0 Å². The van der Waals surface area contributed by atoms with E-state index in [0.717, 1.165) is 33.7 Å². The summed E-state index contributed by atoms with van der Waals surface area (Å²) in [4.78, 5) is 2.45. The Labute approximate surface area is 201 Å². The molecular weight excluding hydrogens is 448 g/mol. The summed E-state index contributed by atoms with van der Waals surface area (Å²) in [6.07, 6.45) is 0.703. The third-order valence-corrected chi connectivity index (χ3v) is 9.43. The Balaban J connectivity index is 1.65. The molecule has 2 aliphatic rings. The molecule has 0 spiro atoms. The number of sulfonamides is 1. The van der Waals surface area contributed by atoms with E-state index in [0.29, 0.717) is 17.9 Å². The van der Waals surface area contributed by atoms with E-state index in [-0.39, 0.29) is 24.6 Å². The first-order chi connectivity index (χ1) is 16.4. The topological polar surface area (TPSA) is 70.1 Å². The summed E-state index contributed by atoms with van der Waals surface area (Å²) in [6, 6.07) is 20.7. The van der Waals surface area contributed by atoms with Gasteiger partial charge in [-0.3, -0.25) is 0 Å². The maximum Gasteiger partial charge on any atom is 0.243 e. The highest BCUT2D eigenvalue weighted by Crippen LogP contribution is 2.51. The molecule has 0 saturated carbocycles. The first kappa shape index (κ1) is 22.9. The summed E-state index contributed by atoms with van der Waals surface area (Å²) in [5, 5.41) is 10.3. The van der Waals surface area contributed by atoms with E-state index >= 15 is 0 Å². The molecule has 1 N–H and O–H groups in total. The highest BCUT2D eigenvalue weighted by atomic mass is 32.2.